The minimum atomic E-state index is -0.156. The molecule has 2 heterocycles. The first-order valence-corrected chi connectivity index (χ1v) is 10.3. The van der Waals surface area contributed by atoms with Crippen LogP contribution in [0.3, 0.4) is 0 Å². The Morgan fingerprint density at radius 2 is 1.96 bits per heavy atom. The molecule has 2 aromatic carbocycles. The van der Waals surface area contributed by atoms with Crippen LogP contribution < -0.4 is 5.32 Å². The normalized spacial score (nSPS) is 20.0. The molecule has 3 nitrogen and oxygen atoms in total. The Labute approximate surface area is 169 Å². The first kappa shape index (κ1) is 17.7. The maximum atomic E-state index is 10.4. The van der Waals surface area contributed by atoms with Gasteiger partial charge in [-0.2, -0.15) is 11.3 Å². The number of nitrogens with zero attached hydrogens (tertiary/aromatic N) is 1. The van der Waals surface area contributed by atoms with Gasteiger partial charge in [-0.15, -0.1) is 0 Å². The lowest BCUT2D eigenvalue weighted by Crippen LogP contribution is -2.32. The van der Waals surface area contributed by atoms with E-state index in [4.69, 9.17) is 16.6 Å². The van der Waals surface area contributed by atoms with Gasteiger partial charge in [0.25, 0.3) is 0 Å². The highest BCUT2D eigenvalue weighted by atomic mass is 79.9. The molecule has 0 saturated carbocycles. The van der Waals surface area contributed by atoms with Crippen molar-refractivity contribution in [3.63, 3.8) is 0 Å². The zero-order chi connectivity index (χ0) is 18.1. The van der Waals surface area contributed by atoms with E-state index < -0.39 is 0 Å². The van der Waals surface area contributed by atoms with Crippen molar-refractivity contribution in [2.24, 2.45) is 4.99 Å². The third-order valence-electron chi connectivity index (χ3n) is 4.44. The average Bonchev–Trinajstić information content (AvgIpc) is 3.19. The van der Waals surface area contributed by atoms with E-state index >= 15 is 0 Å². The molecule has 4 rings (SSSR count). The van der Waals surface area contributed by atoms with E-state index in [1.165, 1.54) is 0 Å². The number of hydrogen-bond acceptors (Lipinski definition) is 4. The molecule has 0 fully saturated rings. The number of benzene rings is 2. The van der Waals surface area contributed by atoms with Crippen molar-refractivity contribution in [1.82, 2.24) is 5.32 Å². The van der Waals surface area contributed by atoms with Gasteiger partial charge in [-0.1, -0.05) is 39.7 Å². The fraction of sp³-hybridized carbons (Fsp3) is 0.150. The van der Waals surface area contributed by atoms with Crippen molar-refractivity contribution in [2.45, 2.75) is 18.6 Å². The van der Waals surface area contributed by atoms with Crippen LogP contribution in [-0.2, 0) is 0 Å². The molecule has 0 unspecified atom stereocenters. The maximum absolute atomic E-state index is 10.4. The van der Waals surface area contributed by atoms with Crippen LogP contribution in [0.15, 0.2) is 68.8 Å². The highest BCUT2D eigenvalue weighted by molar-refractivity contribution is 9.10. The maximum Gasteiger partial charge on any atom is 0.127 e. The van der Waals surface area contributed by atoms with Gasteiger partial charge < -0.3 is 5.11 Å². The van der Waals surface area contributed by atoms with Gasteiger partial charge in [0.15, 0.2) is 0 Å². The smallest absolute Gasteiger partial charge is 0.127 e. The van der Waals surface area contributed by atoms with E-state index in [2.05, 4.69) is 44.8 Å². The standard InChI is InChI=1S/C20H16BrClN2OS/c21-14-3-1-12(2-4-14)17-10-18(16-9-15(22)5-6-19(16)25)24-20(23-17)13-7-8-26-11-13/h1-9,11,18,20,24-25H,10H2/t18-,20+/m1/s1. The van der Waals surface area contributed by atoms with Gasteiger partial charge >= 0.3 is 0 Å². The third kappa shape index (κ3) is 3.71. The van der Waals surface area contributed by atoms with Gasteiger partial charge in [-0.3, -0.25) is 10.3 Å². The summed E-state index contributed by atoms with van der Waals surface area (Å²) in [6, 6.07) is 15.3. The molecule has 1 aromatic heterocycles. The third-order valence-corrected chi connectivity index (χ3v) is 5.91. The molecule has 1 aliphatic heterocycles. The fourth-order valence-corrected chi connectivity index (χ4v) is 4.25. The molecule has 2 N–H and O–H groups in total. The van der Waals surface area contributed by atoms with Gasteiger partial charge in [-0.05, 0) is 52.7 Å². The van der Waals surface area contributed by atoms with Crippen LogP contribution in [0.4, 0.5) is 0 Å². The van der Waals surface area contributed by atoms with E-state index in [0.717, 1.165) is 26.9 Å². The number of phenolic OH excluding ortho intramolecular Hbond substituents is 1. The molecule has 0 radical (unpaired) electrons. The molecule has 132 valence electrons. The minimum absolute atomic E-state index is 0.0743. The van der Waals surface area contributed by atoms with Crippen LogP contribution in [0.2, 0.25) is 5.02 Å². The number of hydrogen-bond donors (Lipinski definition) is 2. The van der Waals surface area contributed by atoms with Crippen LogP contribution in [0.5, 0.6) is 5.75 Å². The Morgan fingerprint density at radius 1 is 1.15 bits per heavy atom. The van der Waals surface area contributed by atoms with Gasteiger partial charge in [0.05, 0.1) is 0 Å². The van der Waals surface area contributed by atoms with E-state index in [9.17, 15) is 5.11 Å². The lowest BCUT2D eigenvalue weighted by molar-refractivity contribution is 0.413. The number of halogens is 2. The quantitative estimate of drug-likeness (QED) is 0.510. The summed E-state index contributed by atoms with van der Waals surface area (Å²) in [5.41, 5.74) is 4.01. The summed E-state index contributed by atoms with van der Waals surface area (Å²) in [5, 5.41) is 18.7. The number of thiophene rings is 1. The first-order valence-electron chi connectivity index (χ1n) is 8.19. The van der Waals surface area contributed by atoms with Crippen LogP contribution in [0.25, 0.3) is 0 Å². The van der Waals surface area contributed by atoms with Crippen LogP contribution in [0.1, 0.15) is 35.3 Å². The fourth-order valence-electron chi connectivity index (χ4n) is 3.13. The molecule has 1 aliphatic rings. The summed E-state index contributed by atoms with van der Waals surface area (Å²) in [5.74, 6) is 0.244. The molecular formula is C20H16BrClN2OS. The number of rotatable bonds is 3. The van der Waals surface area contributed by atoms with E-state index in [1.807, 2.05) is 23.6 Å². The second-order valence-corrected chi connectivity index (χ2v) is 8.30. The van der Waals surface area contributed by atoms with Crippen LogP contribution in [-0.4, -0.2) is 10.8 Å². The zero-order valence-electron chi connectivity index (χ0n) is 13.7. The molecule has 0 spiro atoms. The van der Waals surface area contributed by atoms with Gasteiger partial charge in [0.1, 0.15) is 11.9 Å². The van der Waals surface area contributed by atoms with E-state index in [0.29, 0.717) is 11.4 Å². The summed E-state index contributed by atoms with van der Waals surface area (Å²) in [6.07, 6.45) is 0.521. The molecule has 0 amide bonds. The predicted octanol–water partition coefficient (Wildman–Crippen LogP) is 6.09. The van der Waals surface area contributed by atoms with E-state index in [-0.39, 0.29) is 18.0 Å². The first-order chi connectivity index (χ1) is 12.6. The summed E-state index contributed by atoms with van der Waals surface area (Å²) >= 11 is 11.3. The molecule has 6 heteroatoms. The number of aromatic hydroxyl groups is 1. The number of aliphatic imine (C=N–C) groups is 1. The Balaban J connectivity index is 1.75. The zero-order valence-corrected chi connectivity index (χ0v) is 16.9. The highest BCUT2D eigenvalue weighted by Gasteiger charge is 2.28. The van der Waals surface area contributed by atoms with Crippen molar-refractivity contribution in [1.29, 1.82) is 0 Å². The predicted molar refractivity (Wildman–Crippen MR) is 111 cm³/mol. The Bertz CT molecular complexity index is 941. The summed E-state index contributed by atoms with van der Waals surface area (Å²) in [4.78, 5) is 4.93. The van der Waals surface area contributed by atoms with E-state index in [1.54, 1.807) is 23.5 Å². The van der Waals surface area contributed by atoms with Crippen molar-refractivity contribution < 1.29 is 5.11 Å². The largest absolute Gasteiger partial charge is 0.508 e. The van der Waals surface area contributed by atoms with Crippen molar-refractivity contribution in [3.05, 3.63) is 85.5 Å². The Hall–Kier alpha value is -1.66. The van der Waals surface area contributed by atoms with Crippen molar-refractivity contribution >= 4 is 44.6 Å². The summed E-state index contributed by atoms with van der Waals surface area (Å²) in [6.45, 7) is 0. The second-order valence-electron chi connectivity index (χ2n) is 6.17. The molecular weight excluding hydrogens is 432 g/mol. The lowest BCUT2D eigenvalue weighted by Gasteiger charge is -2.30. The van der Waals surface area contributed by atoms with Gasteiger partial charge in [0, 0.05) is 38.8 Å². The number of phenols is 1. The topological polar surface area (TPSA) is 44.6 Å². The summed E-state index contributed by atoms with van der Waals surface area (Å²) in [7, 11) is 0. The lowest BCUT2D eigenvalue weighted by atomic mass is 9.94. The minimum Gasteiger partial charge on any atom is -0.508 e. The molecule has 3 aromatic rings. The monoisotopic (exact) mass is 446 g/mol. The van der Waals surface area contributed by atoms with Crippen LogP contribution >= 0.6 is 38.9 Å². The second kappa shape index (κ2) is 7.53. The van der Waals surface area contributed by atoms with Crippen molar-refractivity contribution in [3.8, 4) is 5.75 Å². The van der Waals surface area contributed by atoms with Gasteiger partial charge in [-0.25, -0.2) is 0 Å². The Kier molecular flexibility index (Phi) is 5.14. The van der Waals surface area contributed by atoms with Gasteiger partial charge in [0.2, 0.25) is 0 Å². The molecule has 2 atom stereocenters. The molecule has 0 saturated heterocycles. The molecule has 0 aliphatic carbocycles. The molecule has 26 heavy (non-hydrogen) atoms. The molecule has 0 bridgehead atoms. The van der Waals surface area contributed by atoms with Crippen molar-refractivity contribution in [2.75, 3.05) is 0 Å². The number of nitrogens with one attached hydrogen (secondary N) is 1. The highest BCUT2D eigenvalue weighted by Crippen LogP contribution is 2.36. The SMILES string of the molecule is Oc1ccc(Cl)cc1[C@H]1CC(c2ccc(Br)cc2)=N[C@H](c2ccsc2)N1. The Morgan fingerprint density at radius 3 is 2.69 bits per heavy atom. The average molecular weight is 448 g/mol. The van der Waals surface area contributed by atoms with Crippen LogP contribution in [0, 0.1) is 0 Å². The summed E-state index contributed by atoms with van der Waals surface area (Å²) < 4.78 is 1.04.